The quantitative estimate of drug-likeness (QED) is 0.202. The molecule has 0 bridgehead atoms. The molecular weight excluding hydrogens is 470 g/mol. The number of hydrogen-bond acceptors (Lipinski definition) is 6. The van der Waals surface area contributed by atoms with Gasteiger partial charge in [0, 0.05) is 11.2 Å². The Labute approximate surface area is 205 Å². The summed E-state index contributed by atoms with van der Waals surface area (Å²) in [6.45, 7) is 9.29. The summed E-state index contributed by atoms with van der Waals surface area (Å²) in [7, 11) is -3.93. The Morgan fingerprint density at radius 1 is 1.15 bits per heavy atom. The van der Waals surface area contributed by atoms with Gasteiger partial charge in [-0.25, -0.2) is 13.2 Å². The number of rotatable bonds is 11. The fraction of sp³-hybridized carbons (Fsp3) is 0.346. The van der Waals surface area contributed by atoms with Crippen LogP contribution in [0.4, 0.5) is 0 Å². The number of benzene rings is 2. The fourth-order valence-electron chi connectivity index (χ4n) is 3.56. The lowest BCUT2D eigenvalue weighted by Gasteiger charge is -2.32. The molecule has 8 heteroatoms. The molecule has 6 nitrogen and oxygen atoms in total. The van der Waals surface area contributed by atoms with Crippen molar-refractivity contribution in [3.63, 3.8) is 0 Å². The highest BCUT2D eigenvalue weighted by molar-refractivity contribution is 7.88. The second kappa shape index (κ2) is 11.3. The van der Waals surface area contributed by atoms with Gasteiger partial charge < -0.3 is 9.47 Å². The molecule has 3 aromatic rings. The summed E-state index contributed by atoms with van der Waals surface area (Å²) in [6.07, 6.45) is 1.59. The Morgan fingerprint density at radius 3 is 2.56 bits per heavy atom. The Balaban J connectivity index is 2.00. The third kappa shape index (κ3) is 6.99. The predicted molar refractivity (Wildman–Crippen MR) is 137 cm³/mol. The van der Waals surface area contributed by atoms with E-state index in [1.807, 2.05) is 35.7 Å². The molecule has 0 N–H and O–H groups in total. The van der Waals surface area contributed by atoms with E-state index in [0.29, 0.717) is 11.1 Å². The van der Waals surface area contributed by atoms with Gasteiger partial charge in [0.25, 0.3) is 0 Å². The molecule has 0 fully saturated rings. The summed E-state index contributed by atoms with van der Waals surface area (Å²) in [5, 5.41) is 2.96. The van der Waals surface area contributed by atoms with Gasteiger partial charge in [-0.15, -0.1) is 17.9 Å². The van der Waals surface area contributed by atoms with Gasteiger partial charge in [-0.3, -0.25) is 0 Å². The van der Waals surface area contributed by atoms with E-state index >= 15 is 0 Å². The fourth-order valence-corrected chi connectivity index (χ4v) is 5.98. The van der Waals surface area contributed by atoms with Gasteiger partial charge in [0.1, 0.15) is 11.6 Å². The van der Waals surface area contributed by atoms with Gasteiger partial charge in [0.2, 0.25) is 10.0 Å². The highest BCUT2D eigenvalue weighted by atomic mass is 32.2. The van der Waals surface area contributed by atoms with Crippen LogP contribution in [-0.2, 0) is 30.0 Å². The molecule has 0 amide bonds. The van der Waals surface area contributed by atoms with Crippen molar-refractivity contribution >= 4 is 37.4 Å². The number of esters is 1. The van der Waals surface area contributed by atoms with Gasteiger partial charge in [-0.1, -0.05) is 42.5 Å². The minimum atomic E-state index is -3.93. The first-order valence-electron chi connectivity index (χ1n) is 11.0. The normalized spacial score (nSPS) is 13.2. The minimum absolute atomic E-state index is 0.00429. The standard InChI is InChI=1S/C26H31NO5S2/c1-5-15-31-16-14-27(24(21-9-7-6-8-10-21)25(28)32-26(2,3)4)34(29,30)19-20-11-12-23-22(18-20)13-17-33-23/h5-13,17-18,24H,1,14-16,19H2,2-4H3/t24-/m1/s1. The Kier molecular flexibility index (Phi) is 8.65. The first kappa shape index (κ1) is 26.1. The van der Waals surface area contributed by atoms with Crippen LogP contribution in [0.2, 0.25) is 0 Å². The summed E-state index contributed by atoms with van der Waals surface area (Å²) < 4.78 is 41.0. The summed E-state index contributed by atoms with van der Waals surface area (Å²) in [6, 6.07) is 15.3. The van der Waals surface area contributed by atoms with Crippen LogP contribution in [0.5, 0.6) is 0 Å². The molecule has 0 aliphatic carbocycles. The van der Waals surface area contributed by atoms with Crippen molar-refractivity contribution in [3.8, 4) is 0 Å². The number of hydrogen-bond donors (Lipinski definition) is 0. The molecule has 0 saturated carbocycles. The van der Waals surface area contributed by atoms with Gasteiger partial charge in [-0.05, 0) is 60.9 Å². The van der Waals surface area contributed by atoms with E-state index in [0.717, 1.165) is 10.1 Å². The van der Waals surface area contributed by atoms with Crippen molar-refractivity contribution < 1.29 is 22.7 Å². The minimum Gasteiger partial charge on any atom is -0.459 e. The van der Waals surface area contributed by atoms with Crippen molar-refractivity contribution in [3.05, 3.63) is 83.8 Å². The second-order valence-corrected chi connectivity index (χ2v) is 11.7. The molecule has 182 valence electrons. The zero-order valence-corrected chi connectivity index (χ0v) is 21.4. The van der Waals surface area contributed by atoms with Gasteiger partial charge in [-0.2, -0.15) is 4.31 Å². The smallest absolute Gasteiger partial charge is 0.329 e. The first-order valence-corrected chi connectivity index (χ1v) is 13.5. The van der Waals surface area contributed by atoms with E-state index < -0.39 is 27.6 Å². The predicted octanol–water partition coefficient (Wildman–Crippen LogP) is 5.32. The number of carbonyl (C=O) groups is 1. The molecule has 0 aliphatic rings. The highest BCUT2D eigenvalue weighted by Crippen LogP contribution is 2.30. The molecule has 0 radical (unpaired) electrons. The average Bonchev–Trinajstić information content (AvgIpc) is 3.22. The van der Waals surface area contributed by atoms with Crippen LogP contribution in [0.25, 0.3) is 10.1 Å². The molecule has 3 rings (SSSR count). The molecule has 1 atom stereocenters. The van der Waals surface area contributed by atoms with E-state index in [1.165, 1.54) is 4.31 Å². The first-order chi connectivity index (χ1) is 16.1. The summed E-state index contributed by atoms with van der Waals surface area (Å²) in [5.74, 6) is -0.869. The molecule has 0 spiro atoms. The Hall–Kier alpha value is -2.52. The van der Waals surface area contributed by atoms with Crippen molar-refractivity contribution in [2.45, 2.75) is 38.2 Å². The summed E-state index contributed by atoms with van der Waals surface area (Å²) >= 11 is 1.60. The van der Waals surface area contributed by atoms with E-state index in [1.54, 1.807) is 62.4 Å². The maximum absolute atomic E-state index is 13.8. The largest absolute Gasteiger partial charge is 0.459 e. The molecule has 2 aromatic carbocycles. The van der Waals surface area contributed by atoms with Crippen molar-refractivity contribution in [1.82, 2.24) is 4.31 Å². The molecule has 0 aliphatic heterocycles. The number of sulfonamides is 1. The van der Waals surface area contributed by atoms with Crippen LogP contribution in [0.15, 0.2) is 72.6 Å². The average molecular weight is 502 g/mol. The number of ether oxygens (including phenoxy) is 2. The van der Waals surface area contributed by atoms with Gasteiger partial charge in [0.15, 0.2) is 0 Å². The van der Waals surface area contributed by atoms with Gasteiger partial charge in [0.05, 0.1) is 19.0 Å². The van der Waals surface area contributed by atoms with Crippen LogP contribution >= 0.6 is 11.3 Å². The number of nitrogens with zero attached hydrogens (tertiary/aromatic N) is 1. The Bertz CT molecular complexity index is 1210. The lowest BCUT2D eigenvalue weighted by Crippen LogP contribution is -2.43. The van der Waals surface area contributed by atoms with Crippen LogP contribution in [0.1, 0.15) is 37.9 Å². The maximum atomic E-state index is 13.8. The Morgan fingerprint density at radius 2 is 1.88 bits per heavy atom. The van der Waals surface area contributed by atoms with Crippen LogP contribution < -0.4 is 0 Å². The molecular formula is C26H31NO5S2. The van der Waals surface area contributed by atoms with E-state index in [9.17, 15) is 13.2 Å². The number of carbonyl (C=O) groups excluding carboxylic acids is 1. The van der Waals surface area contributed by atoms with E-state index in [4.69, 9.17) is 9.47 Å². The maximum Gasteiger partial charge on any atom is 0.329 e. The number of fused-ring (bicyclic) bond motifs is 1. The lowest BCUT2D eigenvalue weighted by atomic mass is 10.1. The second-order valence-electron chi connectivity index (χ2n) is 8.87. The van der Waals surface area contributed by atoms with Gasteiger partial charge >= 0.3 is 5.97 Å². The molecule has 0 saturated heterocycles. The summed E-state index contributed by atoms with van der Waals surface area (Å²) in [5.41, 5.74) is 0.416. The third-order valence-corrected chi connectivity index (χ3v) is 7.65. The SMILES string of the molecule is C=CCOCCN([C@@H](C(=O)OC(C)(C)C)c1ccccc1)S(=O)(=O)Cc1ccc2sccc2c1. The van der Waals surface area contributed by atoms with Crippen LogP contribution in [-0.4, -0.2) is 44.1 Å². The van der Waals surface area contributed by atoms with E-state index in [2.05, 4.69) is 6.58 Å². The molecule has 0 unspecified atom stereocenters. The molecule has 1 aromatic heterocycles. The zero-order chi connectivity index (χ0) is 24.8. The van der Waals surface area contributed by atoms with Crippen molar-refractivity contribution in [1.29, 1.82) is 0 Å². The van der Waals surface area contributed by atoms with Crippen LogP contribution in [0.3, 0.4) is 0 Å². The molecule has 1 heterocycles. The lowest BCUT2D eigenvalue weighted by molar-refractivity contribution is -0.160. The number of thiophene rings is 1. The monoisotopic (exact) mass is 501 g/mol. The van der Waals surface area contributed by atoms with Crippen molar-refractivity contribution in [2.75, 3.05) is 19.8 Å². The third-order valence-electron chi connectivity index (χ3n) is 4.95. The van der Waals surface area contributed by atoms with Crippen molar-refractivity contribution in [2.24, 2.45) is 0 Å². The highest BCUT2D eigenvalue weighted by Gasteiger charge is 2.38. The molecule has 34 heavy (non-hydrogen) atoms. The summed E-state index contributed by atoms with van der Waals surface area (Å²) in [4.78, 5) is 13.3. The zero-order valence-electron chi connectivity index (χ0n) is 19.8. The van der Waals surface area contributed by atoms with E-state index in [-0.39, 0.29) is 25.5 Å². The van der Waals surface area contributed by atoms with Crippen LogP contribution in [0, 0.1) is 0 Å². The topological polar surface area (TPSA) is 72.9 Å².